The van der Waals surface area contributed by atoms with E-state index in [0.717, 1.165) is 5.39 Å². The number of fused-ring (bicyclic) bond motifs is 2. The standard InChI is InChI=1S/C31H27BrN4O7/c1-39-24-8-5-9-25-21(24)15-28(43-25)30-34-23-7-4-3-6-20(23)31(38)36(30)33-17-19-14-26(40-2)27(16-22(19)32)42-18-29(37)35-10-12-41-13-11-35/h3-9,14-17H,10-13,18H2,1-2H3. The maximum absolute atomic E-state index is 13.7. The van der Waals surface area contributed by atoms with Gasteiger partial charge < -0.3 is 28.3 Å². The molecule has 0 N–H and O–H groups in total. The third-order valence-corrected chi connectivity index (χ3v) is 7.71. The molecule has 220 valence electrons. The van der Waals surface area contributed by atoms with Gasteiger partial charge in [0, 0.05) is 23.1 Å². The minimum absolute atomic E-state index is 0.133. The molecular weight excluding hydrogens is 620 g/mol. The fourth-order valence-electron chi connectivity index (χ4n) is 4.80. The van der Waals surface area contributed by atoms with Gasteiger partial charge in [0.05, 0.1) is 49.9 Å². The lowest BCUT2D eigenvalue weighted by Crippen LogP contribution is -2.43. The molecule has 5 aromatic rings. The number of hydrogen-bond acceptors (Lipinski definition) is 9. The molecule has 43 heavy (non-hydrogen) atoms. The number of carbonyl (C=O) groups is 1. The predicted octanol–water partition coefficient (Wildman–Crippen LogP) is 4.71. The van der Waals surface area contributed by atoms with Crippen molar-refractivity contribution < 1.29 is 28.2 Å². The van der Waals surface area contributed by atoms with Gasteiger partial charge in [-0.15, -0.1) is 0 Å². The molecule has 1 amide bonds. The Labute approximate surface area is 254 Å². The summed E-state index contributed by atoms with van der Waals surface area (Å²) in [4.78, 5) is 32.7. The molecule has 0 bridgehead atoms. The molecule has 2 aromatic heterocycles. The van der Waals surface area contributed by atoms with E-state index in [9.17, 15) is 9.59 Å². The summed E-state index contributed by atoms with van der Waals surface area (Å²) >= 11 is 3.55. The number of aromatic nitrogens is 2. The quantitative estimate of drug-likeness (QED) is 0.223. The van der Waals surface area contributed by atoms with Crippen LogP contribution in [-0.4, -0.2) is 73.8 Å². The van der Waals surface area contributed by atoms with Crippen LogP contribution in [0.15, 0.2) is 79.4 Å². The van der Waals surface area contributed by atoms with E-state index < -0.39 is 0 Å². The van der Waals surface area contributed by atoms with Gasteiger partial charge in [0.25, 0.3) is 11.5 Å². The summed E-state index contributed by atoms with van der Waals surface area (Å²) in [6.45, 7) is 1.95. The molecule has 1 aliphatic rings. The molecule has 0 spiro atoms. The van der Waals surface area contributed by atoms with Gasteiger partial charge in [-0.05, 0) is 58.4 Å². The van der Waals surface area contributed by atoms with E-state index in [-0.39, 0.29) is 23.9 Å². The Morgan fingerprint density at radius 3 is 2.58 bits per heavy atom. The summed E-state index contributed by atoms with van der Waals surface area (Å²) in [5.74, 6) is 1.86. The number of rotatable bonds is 8. The van der Waals surface area contributed by atoms with Crippen LogP contribution in [0.4, 0.5) is 0 Å². The molecule has 1 saturated heterocycles. The minimum atomic E-state index is -0.367. The number of ether oxygens (including phenoxy) is 4. The monoisotopic (exact) mass is 646 g/mol. The Kier molecular flexibility index (Phi) is 8.12. The number of para-hydroxylation sites is 1. The number of morpholine rings is 1. The van der Waals surface area contributed by atoms with Gasteiger partial charge in [0.1, 0.15) is 11.3 Å². The molecule has 1 aliphatic heterocycles. The molecule has 0 saturated carbocycles. The Morgan fingerprint density at radius 1 is 1.00 bits per heavy atom. The van der Waals surface area contributed by atoms with Gasteiger partial charge in [-0.2, -0.15) is 9.78 Å². The number of amides is 1. The smallest absolute Gasteiger partial charge is 0.282 e. The van der Waals surface area contributed by atoms with Gasteiger partial charge in [-0.3, -0.25) is 9.59 Å². The van der Waals surface area contributed by atoms with Gasteiger partial charge in [-0.25, -0.2) is 4.98 Å². The third kappa shape index (κ3) is 5.71. The summed E-state index contributed by atoms with van der Waals surface area (Å²) in [7, 11) is 3.09. The van der Waals surface area contributed by atoms with Crippen molar-refractivity contribution in [3.05, 3.63) is 81.1 Å². The van der Waals surface area contributed by atoms with Crippen LogP contribution in [0, 0.1) is 0 Å². The van der Waals surface area contributed by atoms with Crippen LogP contribution in [-0.2, 0) is 9.53 Å². The van der Waals surface area contributed by atoms with E-state index in [1.54, 1.807) is 48.4 Å². The van der Waals surface area contributed by atoms with E-state index in [4.69, 9.17) is 28.3 Å². The summed E-state index contributed by atoms with van der Waals surface area (Å²) in [6.07, 6.45) is 1.51. The number of benzene rings is 3. The van der Waals surface area contributed by atoms with Crippen molar-refractivity contribution in [3.63, 3.8) is 0 Å². The minimum Gasteiger partial charge on any atom is -0.496 e. The van der Waals surface area contributed by atoms with Crippen molar-refractivity contribution in [2.75, 3.05) is 47.1 Å². The van der Waals surface area contributed by atoms with Gasteiger partial charge in [0.2, 0.25) is 5.82 Å². The van der Waals surface area contributed by atoms with Crippen LogP contribution >= 0.6 is 15.9 Å². The second-order valence-electron chi connectivity index (χ2n) is 9.60. The average molecular weight is 647 g/mol. The number of hydrogen-bond donors (Lipinski definition) is 0. The molecule has 0 radical (unpaired) electrons. The third-order valence-electron chi connectivity index (χ3n) is 7.03. The largest absolute Gasteiger partial charge is 0.496 e. The molecule has 0 aliphatic carbocycles. The van der Waals surface area contributed by atoms with Crippen LogP contribution in [0.25, 0.3) is 33.5 Å². The molecule has 3 aromatic carbocycles. The first-order valence-corrected chi connectivity index (χ1v) is 14.2. The summed E-state index contributed by atoms with van der Waals surface area (Å²) in [6, 6.07) is 17.7. The van der Waals surface area contributed by atoms with Crippen molar-refractivity contribution >= 4 is 49.9 Å². The van der Waals surface area contributed by atoms with Gasteiger partial charge in [0.15, 0.2) is 23.9 Å². The number of halogens is 1. The lowest BCUT2D eigenvalue weighted by Gasteiger charge is -2.26. The molecule has 1 fully saturated rings. The molecule has 11 nitrogen and oxygen atoms in total. The fraction of sp³-hybridized carbons (Fsp3) is 0.226. The summed E-state index contributed by atoms with van der Waals surface area (Å²) < 4.78 is 30.1. The van der Waals surface area contributed by atoms with Crippen molar-refractivity contribution in [3.8, 4) is 28.8 Å². The Hall–Kier alpha value is -4.68. The predicted molar refractivity (Wildman–Crippen MR) is 164 cm³/mol. The number of furan rings is 1. The van der Waals surface area contributed by atoms with E-state index in [0.29, 0.717) is 75.8 Å². The highest BCUT2D eigenvalue weighted by molar-refractivity contribution is 9.10. The van der Waals surface area contributed by atoms with E-state index in [1.165, 1.54) is 18.0 Å². The topological polar surface area (TPSA) is 118 Å². The Bertz CT molecular complexity index is 1910. The highest BCUT2D eigenvalue weighted by Gasteiger charge is 2.20. The van der Waals surface area contributed by atoms with E-state index in [1.807, 2.05) is 24.3 Å². The first-order valence-electron chi connectivity index (χ1n) is 13.5. The molecular formula is C31H27BrN4O7. The molecule has 0 atom stereocenters. The van der Waals surface area contributed by atoms with Crippen LogP contribution in [0.2, 0.25) is 0 Å². The highest BCUT2D eigenvalue weighted by atomic mass is 79.9. The summed E-state index contributed by atoms with van der Waals surface area (Å²) in [5.41, 5.74) is 1.33. The SMILES string of the molecule is COc1cc(C=Nn2c(-c3cc4c(OC)cccc4o3)nc3ccccc3c2=O)c(Br)cc1OCC(=O)N1CCOCC1. The Morgan fingerprint density at radius 2 is 1.79 bits per heavy atom. The van der Waals surface area contributed by atoms with Crippen LogP contribution in [0.3, 0.4) is 0 Å². The lowest BCUT2D eigenvalue weighted by atomic mass is 10.2. The van der Waals surface area contributed by atoms with Crippen molar-refractivity contribution in [1.82, 2.24) is 14.6 Å². The lowest BCUT2D eigenvalue weighted by molar-refractivity contribution is -0.137. The zero-order valence-electron chi connectivity index (χ0n) is 23.4. The van der Waals surface area contributed by atoms with E-state index >= 15 is 0 Å². The van der Waals surface area contributed by atoms with Crippen molar-refractivity contribution in [2.24, 2.45) is 5.10 Å². The van der Waals surface area contributed by atoms with Crippen LogP contribution in [0.1, 0.15) is 5.56 Å². The molecule has 3 heterocycles. The Balaban J connectivity index is 1.36. The van der Waals surface area contributed by atoms with Crippen LogP contribution < -0.4 is 19.8 Å². The first kappa shape index (κ1) is 28.4. The molecule has 0 unspecified atom stereocenters. The van der Waals surface area contributed by atoms with Gasteiger partial charge >= 0.3 is 0 Å². The number of nitrogens with zero attached hydrogens (tertiary/aromatic N) is 4. The number of methoxy groups -OCH3 is 2. The normalized spacial score (nSPS) is 13.6. The van der Waals surface area contributed by atoms with Crippen LogP contribution in [0.5, 0.6) is 17.2 Å². The van der Waals surface area contributed by atoms with Crippen molar-refractivity contribution in [1.29, 1.82) is 0 Å². The maximum Gasteiger partial charge on any atom is 0.282 e. The maximum atomic E-state index is 13.7. The fourth-order valence-corrected chi connectivity index (χ4v) is 5.22. The highest BCUT2D eigenvalue weighted by Crippen LogP contribution is 2.34. The zero-order chi connectivity index (χ0) is 29.9. The first-order chi connectivity index (χ1) is 21.0. The average Bonchev–Trinajstić information content (AvgIpc) is 3.48. The van der Waals surface area contributed by atoms with E-state index in [2.05, 4.69) is 21.0 Å². The zero-order valence-corrected chi connectivity index (χ0v) is 25.0. The van der Waals surface area contributed by atoms with Gasteiger partial charge in [-0.1, -0.05) is 18.2 Å². The number of carbonyl (C=O) groups excluding carboxylic acids is 1. The van der Waals surface area contributed by atoms with Crippen molar-refractivity contribution in [2.45, 2.75) is 0 Å². The second-order valence-corrected chi connectivity index (χ2v) is 10.5. The molecule has 6 rings (SSSR count). The summed E-state index contributed by atoms with van der Waals surface area (Å²) in [5, 5.41) is 5.69. The second kappa shape index (κ2) is 12.3. The molecule has 12 heteroatoms.